The fourth-order valence-electron chi connectivity index (χ4n) is 3.68. The molecular weight excluding hydrogens is 266 g/mol. The molecule has 0 spiro atoms. The molecule has 3 atom stereocenters. The van der Waals surface area contributed by atoms with Gasteiger partial charge in [0.2, 0.25) is 5.89 Å². The van der Waals surface area contributed by atoms with Crippen LogP contribution in [0.25, 0.3) is 0 Å². The number of rotatable bonds is 3. The van der Waals surface area contributed by atoms with Crippen molar-refractivity contribution < 1.29 is 4.52 Å². The fraction of sp³-hybridized carbons (Fsp3) is 0.867. The quantitative estimate of drug-likeness (QED) is 0.905. The van der Waals surface area contributed by atoms with Crippen LogP contribution in [0.2, 0.25) is 0 Å². The van der Waals surface area contributed by atoms with E-state index >= 15 is 0 Å². The number of aromatic nitrogens is 2. The van der Waals surface area contributed by atoms with Gasteiger partial charge in [-0.3, -0.25) is 4.90 Å². The molecule has 2 aliphatic rings. The van der Waals surface area contributed by atoms with Gasteiger partial charge in [0, 0.05) is 12.6 Å². The van der Waals surface area contributed by atoms with E-state index in [1.54, 1.807) is 0 Å². The van der Waals surface area contributed by atoms with Crippen LogP contribution in [-0.2, 0) is 0 Å². The molecule has 1 aromatic heterocycles. The first-order chi connectivity index (χ1) is 10.2. The first-order valence-corrected chi connectivity index (χ1v) is 8.08. The van der Waals surface area contributed by atoms with Crippen LogP contribution in [0.5, 0.6) is 0 Å². The molecule has 3 unspecified atom stereocenters. The second-order valence-electron chi connectivity index (χ2n) is 6.54. The highest BCUT2D eigenvalue weighted by Gasteiger charge is 2.33. The SMILES string of the molecule is CNC1CCCC1c1nc(C2CN(C)CCCN2C)no1. The van der Waals surface area contributed by atoms with E-state index in [2.05, 4.69) is 34.4 Å². The summed E-state index contributed by atoms with van der Waals surface area (Å²) in [7, 11) is 6.35. The maximum atomic E-state index is 5.61. The zero-order valence-electron chi connectivity index (χ0n) is 13.4. The molecule has 21 heavy (non-hydrogen) atoms. The largest absolute Gasteiger partial charge is 0.339 e. The minimum Gasteiger partial charge on any atom is -0.339 e. The van der Waals surface area contributed by atoms with Gasteiger partial charge >= 0.3 is 0 Å². The van der Waals surface area contributed by atoms with Gasteiger partial charge in [-0.25, -0.2) is 0 Å². The highest BCUT2D eigenvalue weighted by atomic mass is 16.5. The third-order valence-electron chi connectivity index (χ3n) is 5.03. The van der Waals surface area contributed by atoms with Crippen LogP contribution in [0.3, 0.4) is 0 Å². The Morgan fingerprint density at radius 1 is 1.19 bits per heavy atom. The minimum absolute atomic E-state index is 0.240. The molecule has 0 amide bonds. The van der Waals surface area contributed by atoms with Crippen molar-refractivity contribution in [2.75, 3.05) is 40.8 Å². The molecule has 1 N–H and O–H groups in total. The van der Waals surface area contributed by atoms with Crippen molar-refractivity contribution in [2.45, 2.75) is 43.7 Å². The van der Waals surface area contributed by atoms with Crippen LogP contribution in [0.4, 0.5) is 0 Å². The van der Waals surface area contributed by atoms with E-state index in [0.717, 1.165) is 37.8 Å². The summed E-state index contributed by atoms with van der Waals surface area (Å²) < 4.78 is 5.61. The lowest BCUT2D eigenvalue weighted by Crippen LogP contribution is -2.31. The molecule has 118 valence electrons. The van der Waals surface area contributed by atoms with E-state index in [0.29, 0.717) is 12.0 Å². The Morgan fingerprint density at radius 2 is 2.05 bits per heavy atom. The van der Waals surface area contributed by atoms with Gasteiger partial charge in [0.05, 0.1) is 12.0 Å². The van der Waals surface area contributed by atoms with E-state index in [1.807, 2.05) is 7.05 Å². The molecule has 1 saturated heterocycles. The Morgan fingerprint density at radius 3 is 2.86 bits per heavy atom. The van der Waals surface area contributed by atoms with Crippen LogP contribution in [-0.4, -0.2) is 66.8 Å². The molecule has 6 nitrogen and oxygen atoms in total. The fourth-order valence-corrected chi connectivity index (χ4v) is 3.68. The number of nitrogens with zero attached hydrogens (tertiary/aromatic N) is 4. The molecule has 1 aliphatic heterocycles. The Hall–Kier alpha value is -0.980. The molecule has 0 radical (unpaired) electrons. The highest BCUT2D eigenvalue weighted by Crippen LogP contribution is 2.34. The van der Waals surface area contributed by atoms with Crippen molar-refractivity contribution in [3.8, 4) is 0 Å². The third kappa shape index (κ3) is 3.12. The van der Waals surface area contributed by atoms with Crippen molar-refractivity contribution in [1.29, 1.82) is 0 Å². The number of nitrogens with one attached hydrogen (secondary N) is 1. The minimum atomic E-state index is 0.240. The van der Waals surface area contributed by atoms with Crippen LogP contribution in [0.1, 0.15) is 49.4 Å². The lowest BCUT2D eigenvalue weighted by Gasteiger charge is -2.24. The van der Waals surface area contributed by atoms with Crippen LogP contribution >= 0.6 is 0 Å². The third-order valence-corrected chi connectivity index (χ3v) is 5.03. The monoisotopic (exact) mass is 293 g/mol. The van der Waals surface area contributed by atoms with E-state index in [-0.39, 0.29) is 6.04 Å². The molecule has 2 fully saturated rings. The Kier molecular flexibility index (Phi) is 4.57. The highest BCUT2D eigenvalue weighted by molar-refractivity contribution is 5.05. The van der Waals surface area contributed by atoms with Crippen LogP contribution < -0.4 is 5.32 Å². The van der Waals surface area contributed by atoms with E-state index in [4.69, 9.17) is 9.51 Å². The predicted molar refractivity (Wildman–Crippen MR) is 81.2 cm³/mol. The van der Waals surface area contributed by atoms with Gasteiger partial charge in [-0.15, -0.1) is 0 Å². The molecule has 0 bridgehead atoms. The summed E-state index contributed by atoms with van der Waals surface area (Å²) in [6.45, 7) is 3.19. The van der Waals surface area contributed by atoms with Gasteiger partial charge in [-0.1, -0.05) is 11.6 Å². The summed E-state index contributed by atoms with van der Waals surface area (Å²) >= 11 is 0. The van der Waals surface area contributed by atoms with Crippen molar-refractivity contribution in [3.05, 3.63) is 11.7 Å². The van der Waals surface area contributed by atoms with Crippen molar-refractivity contribution >= 4 is 0 Å². The summed E-state index contributed by atoms with van der Waals surface area (Å²) in [6, 6.07) is 0.720. The summed E-state index contributed by atoms with van der Waals surface area (Å²) in [5, 5.41) is 7.68. The zero-order chi connectivity index (χ0) is 14.8. The van der Waals surface area contributed by atoms with Gasteiger partial charge < -0.3 is 14.7 Å². The van der Waals surface area contributed by atoms with Crippen molar-refractivity contribution in [1.82, 2.24) is 25.3 Å². The van der Waals surface area contributed by atoms with Crippen molar-refractivity contribution in [3.63, 3.8) is 0 Å². The number of hydrogen-bond acceptors (Lipinski definition) is 6. The maximum Gasteiger partial charge on any atom is 0.231 e. The topological polar surface area (TPSA) is 57.4 Å². The normalized spacial score (nSPS) is 32.4. The van der Waals surface area contributed by atoms with Crippen molar-refractivity contribution in [2.24, 2.45) is 0 Å². The average molecular weight is 293 g/mol. The van der Waals surface area contributed by atoms with E-state index in [1.165, 1.54) is 19.3 Å². The van der Waals surface area contributed by atoms with Gasteiger partial charge in [-0.2, -0.15) is 4.98 Å². The zero-order valence-corrected chi connectivity index (χ0v) is 13.4. The standard InChI is InChI=1S/C15H27N5O/c1-16-12-7-4-6-11(12)15-17-14(18-21-15)13-10-19(2)8-5-9-20(13)3/h11-13,16H,4-10H2,1-3H3. The Labute approximate surface area is 126 Å². The lowest BCUT2D eigenvalue weighted by atomic mass is 10.0. The predicted octanol–water partition coefficient (Wildman–Crippen LogP) is 1.23. The Bertz CT molecular complexity index is 463. The Balaban J connectivity index is 1.77. The molecule has 0 aromatic carbocycles. The lowest BCUT2D eigenvalue weighted by molar-refractivity contribution is 0.214. The molecule has 1 aromatic rings. The molecule has 2 heterocycles. The van der Waals surface area contributed by atoms with E-state index in [9.17, 15) is 0 Å². The second kappa shape index (κ2) is 6.42. The van der Waals surface area contributed by atoms with Gasteiger partial charge in [0.1, 0.15) is 0 Å². The summed E-state index contributed by atoms with van der Waals surface area (Å²) in [4.78, 5) is 9.46. The first kappa shape index (κ1) is 14.9. The van der Waals surface area contributed by atoms with Gasteiger partial charge in [0.25, 0.3) is 0 Å². The molecule has 3 rings (SSSR count). The summed E-state index contributed by atoms with van der Waals surface area (Å²) in [5.74, 6) is 2.05. The summed E-state index contributed by atoms with van der Waals surface area (Å²) in [6.07, 6.45) is 4.77. The molecular formula is C15H27N5O. The molecule has 1 aliphatic carbocycles. The van der Waals surface area contributed by atoms with Gasteiger partial charge in [-0.05, 0) is 53.5 Å². The molecule has 1 saturated carbocycles. The van der Waals surface area contributed by atoms with Crippen LogP contribution in [0.15, 0.2) is 4.52 Å². The maximum absolute atomic E-state index is 5.61. The molecule has 6 heteroatoms. The summed E-state index contributed by atoms with van der Waals surface area (Å²) in [5.41, 5.74) is 0. The second-order valence-corrected chi connectivity index (χ2v) is 6.54. The number of likely N-dealkylation sites (N-methyl/N-ethyl adjacent to an activating group) is 3. The van der Waals surface area contributed by atoms with E-state index < -0.39 is 0 Å². The smallest absolute Gasteiger partial charge is 0.231 e. The first-order valence-electron chi connectivity index (χ1n) is 8.08. The average Bonchev–Trinajstić information content (AvgIpc) is 3.09. The number of hydrogen-bond donors (Lipinski definition) is 1. The van der Waals surface area contributed by atoms with Crippen LogP contribution in [0, 0.1) is 0 Å². The van der Waals surface area contributed by atoms with Gasteiger partial charge in [0.15, 0.2) is 5.82 Å².